The summed E-state index contributed by atoms with van der Waals surface area (Å²) in [6.07, 6.45) is 1.09. The molecule has 4 rings (SSSR count). The Bertz CT molecular complexity index is 1080. The Balaban J connectivity index is 1.50. The van der Waals surface area contributed by atoms with Crippen molar-refractivity contribution in [1.29, 1.82) is 0 Å². The van der Waals surface area contributed by atoms with Gasteiger partial charge in [-0.25, -0.2) is 18.0 Å². The highest BCUT2D eigenvalue weighted by Crippen LogP contribution is 2.41. The van der Waals surface area contributed by atoms with E-state index in [1.807, 2.05) is 0 Å². The summed E-state index contributed by atoms with van der Waals surface area (Å²) < 4.78 is 40.4. The summed E-state index contributed by atoms with van der Waals surface area (Å²) in [4.78, 5) is 42.3. The number of imide groups is 1. The summed E-state index contributed by atoms with van der Waals surface area (Å²) in [5.41, 5.74) is -0.350. The van der Waals surface area contributed by atoms with Crippen molar-refractivity contribution in [3.05, 3.63) is 53.1 Å². The number of carbonyl (C=O) groups excluding carboxylic acids is 3. The lowest BCUT2D eigenvalue weighted by atomic mass is 9.80. The lowest BCUT2D eigenvalue weighted by Gasteiger charge is -2.34. The Labute approximate surface area is 180 Å². The zero-order chi connectivity index (χ0) is 22.4. The van der Waals surface area contributed by atoms with Gasteiger partial charge in [0.05, 0.1) is 12.7 Å². The number of urea groups is 1. The topological polar surface area (TPSA) is 79.4 Å². The molecular formula is C21H17ClF3N3O3. The molecule has 0 radical (unpaired) electrons. The van der Waals surface area contributed by atoms with Gasteiger partial charge in [-0.2, -0.15) is 0 Å². The quantitative estimate of drug-likeness (QED) is 0.557. The number of amides is 3. The predicted molar refractivity (Wildman–Crippen MR) is 105 cm³/mol. The van der Waals surface area contributed by atoms with Gasteiger partial charge in [-0.3, -0.25) is 19.5 Å². The Morgan fingerprint density at radius 2 is 1.84 bits per heavy atom. The van der Waals surface area contributed by atoms with E-state index in [0.717, 1.165) is 11.1 Å². The standard InChI is InChI=1S/C21H17ClF3N3O3/c22-16-8-12(1-2-15(16)13-7-14(23)10-26-9-13)17(29)11-28-18(30)20(27-19(28)31)3-5-21(24,25)6-4-20/h1-2,7-10H,3-6,11H2,(H,27,31). The maximum atomic E-state index is 13.5. The number of nitrogens with one attached hydrogen (secondary N) is 1. The van der Waals surface area contributed by atoms with Crippen LogP contribution in [0.3, 0.4) is 0 Å². The Morgan fingerprint density at radius 3 is 2.48 bits per heavy atom. The number of hydrogen-bond donors (Lipinski definition) is 1. The van der Waals surface area contributed by atoms with Gasteiger partial charge in [0.1, 0.15) is 11.4 Å². The molecule has 1 saturated carbocycles. The van der Waals surface area contributed by atoms with E-state index in [1.54, 1.807) is 0 Å². The van der Waals surface area contributed by atoms with Crippen molar-refractivity contribution in [2.45, 2.75) is 37.1 Å². The largest absolute Gasteiger partial charge is 0.325 e. The lowest BCUT2D eigenvalue weighted by molar-refractivity contribution is -0.135. The van der Waals surface area contributed by atoms with Gasteiger partial charge in [-0.05, 0) is 25.0 Å². The summed E-state index contributed by atoms with van der Waals surface area (Å²) in [6.45, 7) is -0.542. The number of alkyl halides is 2. The number of nitrogens with zero attached hydrogens (tertiary/aromatic N) is 2. The van der Waals surface area contributed by atoms with Crippen LogP contribution in [-0.2, 0) is 4.79 Å². The van der Waals surface area contributed by atoms with E-state index in [-0.39, 0.29) is 23.4 Å². The summed E-state index contributed by atoms with van der Waals surface area (Å²) in [5.74, 6) is -4.63. The van der Waals surface area contributed by atoms with Crippen LogP contribution < -0.4 is 5.32 Å². The van der Waals surface area contributed by atoms with E-state index in [2.05, 4.69) is 10.3 Å². The molecule has 3 amide bonds. The molecule has 2 fully saturated rings. The molecule has 2 aromatic rings. The summed E-state index contributed by atoms with van der Waals surface area (Å²) in [5, 5.41) is 2.66. The van der Waals surface area contributed by atoms with E-state index in [0.29, 0.717) is 11.1 Å². The van der Waals surface area contributed by atoms with Crippen molar-refractivity contribution in [2.75, 3.05) is 6.54 Å². The van der Waals surface area contributed by atoms with Gasteiger partial charge in [0.15, 0.2) is 5.78 Å². The summed E-state index contributed by atoms with van der Waals surface area (Å²) in [7, 11) is 0. The van der Waals surface area contributed by atoms with Crippen molar-refractivity contribution in [3.8, 4) is 11.1 Å². The van der Waals surface area contributed by atoms with Gasteiger partial charge in [0.2, 0.25) is 5.92 Å². The smallest absolute Gasteiger partial charge is 0.323 e. The molecule has 10 heteroatoms. The van der Waals surface area contributed by atoms with E-state index < -0.39 is 54.4 Å². The first-order chi connectivity index (χ1) is 14.6. The first-order valence-electron chi connectivity index (χ1n) is 9.56. The molecule has 1 aromatic heterocycles. The second-order valence-electron chi connectivity index (χ2n) is 7.77. The number of halogens is 4. The monoisotopic (exact) mass is 451 g/mol. The third-order valence-electron chi connectivity index (χ3n) is 5.69. The average Bonchev–Trinajstić information content (AvgIpc) is 2.94. The normalized spacial score (nSPS) is 19.5. The number of benzene rings is 1. The minimum Gasteiger partial charge on any atom is -0.323 e. The molecule has 31 heavy (non-hydrogen) atoms. The number of carbonyl (C=O) groups is 3. The zero-order valence-electron chi connectivity index (χ0n) is 16.1. The second-order valence-corrected chi connectivity index (χ2v) is 8.18. The third kappa shape index (κ3) is 4.01. The molecule has 6 nitrogen and oxygen atoms in total. The van der Waals surface area contributed by atoms with Crippen LogP contribution in [0.4, 0.5) is 18.0 Å². The molecule has 0 bridgehead atoms. The lowest BCUT2D eigenvalue weighted by Crippen LogP contribution is -2.51. The number of pyridine rings is 1. The van der Waals surface area contributed by atoms with Gasteiger partial charge in [0, 0.05) is 40.8 Å². The van der Waals surface area contributed by atoms with Crippen molar-refractivity contribution in [1.82, 2.24) is 15.2 Å². The second kappa shape index (κ2) is 7.64. The van der Waals surface area contributed by atoms with Gasteiger partial charge in [0.25, 0.3) is 5.91 Å². The minimum atomic E-state index is -2.87. The third-order valence-corrected chi connectivity index (χ3v) is 6.00. The fourth-order valence-corrected chi connectivity index (χ4v) is 4.21. The molecular weight excluding hydrogens is 435 g/mol. The molecule has 1 aliphatic heterocycles. The van der Waals surface area contributed by atoms with Crippen LogP contribution in [-0.4, -0.2) is 45.6 Å². The fourth-order valence-electron chi connectivity index (χ4n) is 3.92. The maximum absolute atomic E-state index is 13.5. The van der Waals surface area contributed by atoms with Gasteiger partial charge in [-0.15, -0.1) is 0 Å². The molecule has 0 unspecified atom stereocenters. The fraction of sp³-hybridized carbons (Fsp3) is 0.333. The Morgan fingerprint density at radius 1 is 1.13 bits per heavy atom. The SMILES string of the molecule is O=C(CN1C(=O)NC2(CCC(F)(F)CC2)C1=O)c1ccc(-c2cncc(F)c2)c(Cl)c1. The highest BCUT2D eigenvalue weighted by Gasteiger charge is 2.55. The van der Waals surface area contributed by atoms with Crippen LogP contribution in [0.5, 0.6) is 0 Å². The van der Waals surface area contributed by atoms with Crippen molar-refractivity contribution >= 4 is 29.3 Å². The highest BCUT2D eigenvalue weighted by atomic mass is 35.5. The minimum absolute atomic E-state index is 0.148. The highest BCUT2D eigenvalue weighted by molar-refractivity contribution is 6.33. The molecule has 1 aliphatic carbocycles. The van der Waals surface area contributed by atoms with Gasteiger partial charge in [-0.1, -0.05) is 23.7 Å². The van der Waals surface area contributed by atoms with E-state index in [4.69, 9.17) is 11.6 Å². The number of ketones is 1. The van der Waals surface area contributed by atoms with Crippen molar-refractivity contribution in [2.24, 2.45) is 0 Å². The molecule has 1 N–H and O–H groups in total. The van der Waals surface area contributed by atoms with Crippen LogP contribution in [0.25, 0.3) is 11.1 Å². The van der Waals surface area contributed by atoms with Crippen LogP contribution >= 0.6 is 11.6 Å². The summed E-state index contributed by atoms with van der Waals surface area (Å²) >= 11 is 6.24. The summed E-state index contributed by atoms with van der Waals surface area (Å²) in [6, 6.07) is 4.79. The number of aromatic nitrogens is 1. The Kier molecular flexibility index (Phi) is 5.25. The van der Waals surface area contributed by atoms with Gasteiger partial charge < -0.3 is 5.32 Å². The van der Waals surface area contributed by atoms with Crippen LogP contribution in [0.15, 0.2) is 36.7 Å². The number of rotatable bonds is 4. The van der Waals surface area contributed by atoms with Crippen molar-refractivity contribution < 1.29 is 27.6 Å². The van der Waals surface area contributed by atoms with Crippen molar-refractivity contribution in [3.63, 3.8) is 0 Å². The number of hydrogen-bond acceptors (Lipinski definition) is 4. The first-order valence-corrected chi connectivity index (χ1v) is 9.94. The van der Waals surface area contributed by atoms with Gasteiger partial charge >= 0.3 is 6.03 Å². The Hall–Kier alpha value is -2.94. The van der Waals surface area contributed by atoms with E-state index >= 15 is 0 Å². The van der Waals surface area contributed by atoms with E-state index in [9.17, 15) is 27.6 Å². The van der Waals surface area contributed by atoms with E-state index in [1.165, 1.54) is 30.5 Å². The first kappa shape index (κ1) is 21.3. The molecule has 2 aliphatic rings. The molecule has 0 atom stereocenters. The molecule has 1 saturated heterocycles. The molecule has 1 spiro atoms. The molecule has 2 heterocycles. The van der Waals surface area contributed by atoms with Crippen LogP contribution in [0, 0.1) is 5.82 Å². The molecule has 1 aromatic carbocycles. The maximum Gasteiger partial charge on any atom is 0.325 e. The molecule has 162 valence electrons. The van der Waals surface area contributed by atoms with Crippen LogP contribution in [0.1, 0.15) is 36.0 Å². The zero-order valence-corrected chi connectivity index (χ0v) is 16.9. The number of Topliss-reactive ketones (excluding diaryl/α,β-unsaturated/α-hetero) is 1. The van der Waals surface area contributed by atoms with Crippen LogP contribution in [0.2, 0.25) is 5.02 Å². The average molecular weight is 452 g/mol. The predicted octanol–water partition coefficient (Wildman–Crippen LogP) is 4.22.